The summed E-state index contributed by atoms with van der Waals surface area (Å²) in [4.78, 5) is 0. The quantitative estimate of drug-likeness (QED) is 0.805. The summed E-state index contributed by atoms with van der Waals surface area (Å²) in [5, 5.41) is 3.58. The maximum Gasteiger partial charge on any atom is 0.0716 e. The molecular formula is C14H21NOS. The molecule has 1 saturated carbocycles. The Labute approximate surface area is 108 Å². The molecule has 0 unspecified atom stereocenters. The lowest BCUT2D eigenvalue weighted by molar-refractivity contribution is 0.184. The molecule has 1 aromatic rings. The number of thioether (sulfide) groups is 1. The van der Waals surface area contributed by atoms with Crippen LogP contribution in [0, 0.1) is 0 Å². The second-order valence-corrected chi connectivity index (χ2v) is 5.97. The lowest BCUT2D eigenvalue weighted by Gasteiger charge is -2.14. The zero-order valence-electron chi connectivity index (χ0n) is 10.7. The van der Waals surface area contributed by atoms with E-state index in [0.717, 1.165) is 13.1 Å². The minimum atomic E-state index is 0.538. The van der Waals surface area contributed by atoms with E-state index in [4.69, 9.17) is 4.74 Å². The molecule has 2 rings (SSSR count). The van der Waals surface area contributed by atoms with Crippen LogP contribution < -0.4 is 5.32 Å². The molecule has 1 aromatic carbocycles. The van der Waals surface area contributed by atoms with Crippen molar-refractivity contribution in [3.05, 3.63) is 35.4 Å². The predicted molar refractivity (Wildman–Crippen MR) is 74.3 cm³/mol. The standard InChI is InChI=1S/C14H21NOS/c1-16-10-13-6-4-3-5-12(13)9-15-11-14(17-2)7-8-14/h3-6,15H,7-11H2,1-2H3. The topological polar surface area (TPSA) is 21.3 Å². The van der Waals surface area contributed by atoms with Crippen LogP contribution in [-0.4, -0.2) is 24.7 Å². The van der Waals surface area contributed by atoms with E-state index in [1.807, 2.05) is 11.8 Å². The average molecular weight is 251 g/mol. The van der Waals surface area contributed by atoms with Crippen LogP contribution in [0.25, 0.3) is 0 Å². The Morgan fingerprint density at radius 3 is 2.59 bits per heavy atom. The number of nitrogens with one attached hydrogen (secondary N) is 1. The molecule has 17 heavy (non-hydrogen) atoms. The van der Waals surface area contributed by atoms with E-state index in [0.29, 0.717) is 11.4 Å². The summed E-state index contributed by atoms with van der Waals surface area (Å²) in [5.41, 5.74) is 2.64. The van der Waals surface area contributed by atoms with Crippen LogP contribution >= 0.6 is 11.8 Å². The van der Waals surface area contributed by atoms with Crippen LogP contribution in [0.3, 0.4) is 0 Å². The van der Waals surface area contributed by atoms with Gasteiger partial charge in [-0.1, -0.05) is 24.3 Å². The molecule has 1 fully saturated rings. The van der Waals surface area contributed by atoms with Crippen molar-refractivity contribution < 1.29 is 4.74 Å². The third kappa shape index (κ3) is 3.47. The van der Waals surface area contributed by atoms with Gasteiger partial charge in [-0.3, -0.25) is 0 Å². The lowest BCUT2D eigenvalue weighted by atomic mass is 10.1. The summed E-state index contributed by atoms with van der Waals surface area (Å²) >= 11 is 2.00. The third-order valence-electron chi connectivity index (χ3n) is 3.42. The van der Waals surface area contributed by atoms with E-state index in [9.17, 15) is 0 Å². The van der Waals surface area contributed by atoms with Gasteiger partial charge in [-0.25, -0.2) is 0 Å². The monoisotopic (exact) mass is 251 g/mol. The van der Waals surface area contributed by atoms with Crippen LogP contribution in [0.15, 0.2) is 24.3 Å². The highest BCUT2D eigenvalue weighted by atomic mass is 32.2. The van der Waals surface area contributed by atoms with Crippen LogP contribution in [-0.2, 0) is 17.9 Å². The Morgan fingerprint density at radius 2 is 2.00 bits per heavy atom. The van der Waals surface area contributed by atoms with Crippen molar-refractivity contribution in [3.63, 3.8) is 0 Å². The average Bonchev–Trinajstić information content (AvgIpc) is 3.12. The normalized spacial score (nSPS) is 17.1. The van der Waals surface area contributed by atoms with Crippen molar-refractivity contribution in [3.8, 4) is 0 Å². The van der Waals surface area contributed by atoms with Gasteiger partial charge >= 0.3 is 0 Å². The molecule has 1 aliphatic carbocycles. The third-order valence-corrected chi connectivity index (χ3v) is 4.84. The van der Waals surface area contributed by atoms with Crippen molar-refractivity contribution >= 4 is 11.8 Å². The maximum atomic E-state index is 5.22. The zero-order valence-corrected chi connectivity index (χ0v) is 11.5. The predicted octanol–water partition coefficient (Wildman–Crippen LogP) is 2.82. The van der Waals surface area contributed by atoms with Crippen LogP contribution in [0.2, 0.25) is 0 Å². The minimum Gasteiger partial charge on any atom is -0.380 e. The van der Waals surface area contributed by atoms with E-state index in [-0.39, 0.29) is 0 Å². The summed E-state index contributed by atoms with van der Waals surface area (Å²) in [6.45, 7) is 2.77. The molecular weight excluding hydrogens is 230 g/mol. The fraction of sp³-hybridized carbons (Fsp3) is 0.571. The van der Waals surface area contributed by atoms with Gasteiger partial charge in [0.25, 0.3) is 0 Å². The van der Waals surface area contributed by atoms with Crippen molar-refractivity contribution in [2.45, 2.75) is 30.7 Å². The summed E-state index contributed by atoms with van der Waals surface area (Å²) < 4.78 is 5.76. The van der Waals surface area contributed by atoms with Gasteiger partial charge in [0, 0.05) is 24.9 Å². The van der Waals surface area contributed by atoms with Gasteiger partial charge in [0.1, 0.15) is 0 Å². The molecule has 0 bridgehead atoms. The van der Waals surface area contributed by atoms with E-state index < -0.39 is 0 Å². The smallest absolute Gasteiger partial charge is 0.0716 e. The molecule has 2 nitrogen and oxygen atoms in total. The van der Waals surface area contributed by atoms with Crippen molar-refractivity contribution in [2.24, 2.45) is 0 Å². The number of methoxy groups -OCH3 is 1. The molecule has 0 heterocycles. The fourth-order valence-corrected chi connectivity index (χ4v) is 2.80. The Morgan fingerprint density at radius 1 is 1.29 bits per heavy atom. The zero-order chi connectivity index (χ0) is 12.1. The Bertz CT molecular complexity index is 363. The Balaban J connectivity index is 1.85. The summed E-state index contributed by atoms with van der Waals surface area (Å²) in [7, 11) is 1.75. The Hall–Kier alpha value is -0.510. The first-order valence-electron chi connectivity index (χ1n) is 6.11. The molecule has 0 saturated heterocycles. The highest BCUT2D eigenvalue weighted by Gasteiger charge is 2.41. The van der Waals surface area contributed by atoms with E-state index in [1.54, 1.807) is 7.11 Å². The van der Waals surface area contributed by atoms with Gasteiger partial charge in [-0.05, 0) is 30.2 Å². The first-order valence-corrected chi connectivity index (χ1v) is 7.34. The minimum absolute atomic E-state index is 0.538. The molecule has 3 heteroatoms. The van der Waals surface area contributed by atoms with Crippen molar-refractivity contribution in [1.82, 2.24) is 5.32 Å². The van der Waals surface area contributed by atoms with E-state index in [1.165, 1.54) is 24.0 Å². The Kier molecular flexibility index (Phi) is 4.48. The van der Waals surface area contributed by atoms with Gasteiger partial charge < -0.3 is 10.1 Å². The van der Waals surface area contributed by atoms with Crippen LogP contribution in [0.1, 0.15) is 24.0 Å². The van der Waals surface area contributed by atoms with Crippen molar-refractivity contribution in [2.75, 3.05) is 19.9 Å². The molecule has 1 aliphatic rings. The van der Waals surface area contributed by atoms with Gasteiger partial charge in [-0.2, -0.15) is 11.8 Å². The molecule has 0 aliphatic heterocycles. The highest BCUT2D eigenvalue weighted by molar-refractivity contribution is 8.00. The summed E-state index contributed by atoms with van der Waals surface area (Å²) in [6, 6.07) is 8.49. The molecule has 1 N–H and O–H groups in total. The van der Waals surface area contributed by atoms with Crippen molar-refractivity contribution in [1.29, 1.82) is 0 Å². The van der Waals surface area contributed by atoms with Gasteiger partial charge in [0.05, 0.1) is 6.61 Å². The summed E-state index contributed by atoms with van der Waals surface area (Å²) in [5.74, 6) is 0. The van der Waals surface area contributed by atoms with E-state index in [2.05, 4.69) is 35.8 Å². The number of ether oxygens (including phenoxy) is 1. The van der Waals surface area contributed by atoms with Gasteiger partial charge in [0.15, 0.2) is 0 Å². The van der Waals surface area contributed by atoms with Crippen LogP contribution in [0.4, 0.5) is 0 Å². The lowest BCUT2D eigenvalue weighted by Crippen LogP contribution is -2.25. The van der Waals surface area contributed by atoms with Crippen LogP contribution in [0.5, 0.6) is 0 Å². The first kappa shape index (κ1) is 12.9. The second kappa shape index (κ2) is 5.89. The fourth-order valence-electron chi connectivity index (χ4n) is 2.04. The molecule has 94 valence electrons. The maximum absolute atomic E-state index is 5.22. The first-order chi connectivity index (χ1) is 8.29. The SMILES string of the molecule is COCc1ccccc1CNCC1(SC)CC1. The van der Waals surface area contributed by atoms with Gasteiger partial charge in [-0.15, -0.1) is 0 Å². The molecule has 0 spiro atoms. The number of rotatable bonds is 7. The number of hydrogen-bond donors (Lipinski definition) is 1. The number of hydrogen-bond acceptors (Lipinski definition) is 3. The molecule has 0 atom stereocenters. The largest absolute Gasteiger partial charge is 0.380 e. The molecule has 0 aromatic heterocycles. The van der Waals surface area contributed by atoms with Gasteiger partial charge in [0.2, 0.25) is 0 Å². The molecule has 0 radical (unpaired) electrons. The molecule has 0 amide bonds. The van der Waals surface area contributed by atoms with E-state index >= 15 is 0 Å². The summed E-state index contributed by atoms with van der Waals surface area (Å²) in [6.07, 6.45) is 4.94. The highest BCUT2D eigenvalue weighted by Crippen LogP contribution is 2.46. The second-order valence-electron chi connectivity index (χ2n) is 4.69. The number of benzene rings is 1.